The lowest BCUT2D eigenvalue weighted by Crippen LogP contribution is -2.26. The van der Waals surface area contributed by atoms with Crippen LogP contribution in [0.2, 0.25) is 0 Å². The molecule has 0 fully saturated rings. The summed E-state index contributed by atoms with van der Waals surface area (Å²) < 4.78 is 6.12. The fourth-order valence-electron chi connectivity index (χ4n) is 3.62. The standard InChI is InChI=1S/C26H29N2OP/c1-19(2)24-18-29-26(27-24)23-16-15-20(28(3)4)17-25(23)30(21-11-7-5-8-12-21)22-13-9-6-10-14-22/h5-17,19,24H,18H2,1-4H3/t24-/m1/s1. The molecule has 1 atom stereocenters. The number of benzene rings is 3. The number of rotatable bonds is 6. The lowest BCUT2D eigenvalue weighted by atomic mass is 10.1. The maximum absolute atomic E-state index is 6.12. The molecule has 1 aliphatic heterocycles. The average molecular weight is 417 g/mol. The molecule has 3 nitrogen and oxygen atoms in total. The van der Waals surface area contributed by atoms with Crippen LogP contribution in [0.3, 0.4) is 0 Å². The lowest BCUT2D eigenvalue weighted by Gasteiger charge is -2.24. The third kappa shape index (κ3) is 4.27. The summed E-state index contributed by atoms with van der Waals surface area (Å²) in [5.74, 6) is 1.25. The molecule has 0 saturated heterocycles. The third-order valence-electron chi connectivity index (χ3n) is 5.44. The zero-order valence-corrected chi connectivity index (χ0v) is 19.0. The molecule has 0 bridgehead atoms. The Morgan fingerprint density at radius 1 is 0.900 bits per heavy atom. The fraction of sp³-hybridized carbons (Fsp3) is 0.269. The molecule has 0 aromatic heterocycles. The fourth-order valence-corrected chi connectivity index (χ4v) is 6.09. The molecule has 1 aliphatic rings. The van der Waals surface area contributed by atoms with Gasteiger partial charge in [-0.2, -0.15) is 0 Å². The Morgan fingerprint density at radius 2 is 1.50 bits per heavy atom. The highest BCUT2D eigenvalue weighted by Gasteiger charge is 2.28. The van der Waals surface area contributed by atoms with Crippen LogP contribution in [-0.4, -0.2) is 32.6 Å². The van der Waals surface area contributed by atoms with Crippen molar-refractivity contribution >= 4 is 35.4 Å². The average Bonchev–Trinajstić information content (AvgIpc) is 3.26. The van der Waals surface area contributed by atoms with Gasteiger partial charge in [0.1, 0.15) is 6.61 Å². The third-order valence-corrected chi connectivity index (χ3v) is 7.92. The van der Waals surface area contributed by atoms with Gasteiger partial charge in [0.15, 0.2) is 0 Å². The second-order valence-corrected chi connectivity index (χ2v) is 10.3. The van der Waals surface area contributed by atoms with Crippen LogP contribution in [0, 0.1) is 5.92 Å². The second-order valence-electron chi connectivity index (χ2n) is 8.16. The summed E-state index contributed by atoms with van der Waals surface area (Å²) in [7, 11) is 3.43. The normalized spacial score (nSPS) is 15.9. The van der Waals surface area contributed by atoms with Crippen molar-refractivity contribution in [3.05, 3.63) is 84.4 Å². The smallest absolute Gasteiger partial charge is 0.217 e. The predicted molar refractivity (Wildman–Crippen MR) is 131 cm³/mol. The topological polar surface area (TPSA) is 24.8 Å². The minimum absolute atomic E-state index is 0.223. The Morgan fingerprint density at radius 3 is 2.00 bits per heavy atom. The molecule has 0 spiro atoms. The molecular weight excluding hydrogens is 387 g/mol. The zero-order valence-electron chi connectivity index (χ0n) is 18.1. The first-order valence-electron chi connectivity index (χ1n) is 10.5. The van der Waals surface area contributed by atoms with Gasteiger partial charge in [0.25, 0.3) is 0 Å². The van der Waals surface area contributed by atoms with Gasteiger partial charge in [-0.05, 0) is 48.0 Å². The van der Waals surface area contributed by atoms with E-state index in [4.69, 9.17) is 9.73 Å². The molecule has 0 amide bonds. The summed E-state index contributed by atoms with van der Waals surface area (Å²) >= 11 is 0. The Kier molecular flexibility index (Phi) is 6.20. The Balaban J connectivity index is 1.91. The van der Waals surface area contributed by atoms with Crippen molar-refractivity contribution in [2.24, 2.45) is 10.9 Å². The Bertz CT molecular complexity index is 976. The molecule has 1 heterocycles. The molecule has 3 aromatic carbocycles. The van der Waals surface area contributed by atoms with Crippen molar-refractivity contribution in [3.8, 4) is 0 Å². The lowest BCUT2D eigenvalue weighted by molar-refractivity contribution is 0.292. The second kappa shape index (κ2) is 9.02. The summed E-state index contributed by atoms with van der Waals surface area (Å²) in [6, 6.07) is 28.5. The van der Waals surface area contributed by atoms with E-state index >= 15 is 0 Å². The SMILES string of the molecule is CC(C)[C@H]1COC(c2ccc(N(C)C)cc2P(c2ccccc2)c2ccccc2)=N1. The van der Waals surface area contributed by atoms with Gasteiger partial charge >= 0.3 is 0 Å². The summed E-state index contributed by atoms with van der Waals surface area (Å²) in [6.07, 6.45) is 0. The van der Waals surface area contributed by atoms with E-state index in [1.165, 1.54) is 21.6 Å². The number of ether oxygens (including phenoxy) is 1. The molecule has 0 saturated carbocycles. The highest BCUT2D eigenvalue weighted by atomic mass is 31.1. The summed E-state index contributed by atoms with van der Waals surface area (Å²) in [5, 5.41) is 3.95. The molecule has 0 unspecified atom stereocenters. The van der Waals surface area contributed by atoms with Crippen molar-refractivity contribution in [1.82, 2.24) is 0 Å². The van der Waals surface area contributed by atoms with E-state index < -0.39 is 7.92 Å². The molecule has 0 N–H and O–H groups in total. The van der Waals surface area contributed by atoms with E-state index in [1.807, 2.05) is 0 Å². The van der Waals surface area contributed by atoms with Crippen molar-refractivity contribution in [1.29, 1.82) is 0 Å². The first-order valence-corrected chi connectivity index (χ1v) is 11.8. The number of anilines is 1. The molecule has 30 heavy (non-hydrogen) atoms. The number of hydrogen-bond acceptors (Lipinski definition) is 3. The van der Waals surface area contributed by atoms with Crippen LogP contribution in [0.1, 0.15) is 19.4 Å². The highest BCUT2D eigenvalue weighted by Crippen LogP contribution is 2.36. The van der Waals surface area contributed by atoms with Crippen LogP contribution < -0.4 is 20.8 Å². The van der Waals surface area contributed by atoms with Crippen LogP contribution in [-0.2, 0) is 4.74 Å². The van der Waals surface area contributed by atoms with Crippen LogP contribution in [0.5, 0.6) is 0 Å². The quantitative estimate of drug-likeness (QED) is 0.560. The van der Waals surface area contributed by atoms with Gasteiger partial charge in [-0.15, -0.1) is 0 Å². The molecular formula is C26H29N2OP. The monoisotopic (exact) mass is 416 g/mol. The minimum atomic E-state index is -0.741. The van der Waals surface area contributed by atoms with Gasteiger partial charge in [0.05, 0.1) is 6.04 Å². The minimum Gasteiger partial charge on any atom is -0.475 e. The maximum atomic E-state index is 6.12. The van der Waals surface area contributed by atoms with Crippen molar-refractivity contribution in [3.63, 3.8) is 0 Å². The van der Waals surface area contributed by atoms with E-state index in [1.54, 1.807) is 0 Å². The van der Waals surface area contributed by atoms with Crippen LogP contribution in [0.15, 0.2) is 83.9 Å². The molecule has 0 radical (unpaired) electrons. The zero-order chi connectivity index (χ0) is 21.1. The summed E-state index contributed by atoms with van der Waals surface area (Å²) in [5.41, 5.74) is 2.30. The predicted octanol–water partition coefficient (Wildman–Crippen LogP) is 4.31. The van der Waals surface area contributed by atoms with Gasteiger partial charge in [0, 0.05) is 25.3 Å². The van der Waals surface area contributed by atoms with Gasteiger partial charge in [-0.1, -0.05) is 74.5 Å². The largest absolute Gasteiger partial charge is 0.475 e. The Labute approximate surface area is 181 Å². The maximum Gasteiger partial charge on any atom is 0.217 e. The Hall–Kier alpha value is -2.64. The molecule has 0 aliphatic carbocycles. The molecule has 4 heteroatoms. The highest BCUT2D eigenvalue weighted by molar-refractivity contribution is 7.80. The molecule has 3 aromatic rings. The summed E-state index contributed by atoms with van der Waals surface area (Å²) in [4.78, 5) is 7.11. The first-order chi connectivity index (χ1) is 14.5. The number of aliphatic imine (C=N–C) groups is 1. The van der Waals surface area contributed by atoms with E-state index in [0.29, 0.717) is 12.5 Å². The van der Waals surface area contributed by atoms with Crippen LogP contribution in [0.4, 0.5) is 5.69 Å². The van der Waals surface area contributed by atoms with Crippen molar-refractivity contribution in [2.45, 2.75) is 19.9 Å². The van der Waals surface area contributed by atoms with Gasteiger partial charge < -0.3 is 9.64 Å². The molecule has 4 rings (SSSR count). The van der Waals surface area contributed by atoms with E-state index in [9.17, 15) is 0 Å². The van der Waals surface area contributed by atoms with E-state index in [-0.39, 0.29) is 6.04 Å². The van der Waals surface area contributed by atoms with Gasteiger partial charge in [-0.25, -0.2) is 4.99 Å². The van der Waals surface area contributed by atoms with Crippen molar-refractivity contribution in [2.75, 3.05) is 25.6 Å². The van der Waals surface area contributed by atoms with Crippen LogP contribution >= 0.6 is 7.92 Å². The van der Waals surface area contributed by atoms with E-state index in [0.717, 1.165) is 11.5 Å². The first kappa shape index (κ1) is 20.6. The van der Waals surface area contributed by atoms with Crippen LogP contribution in [0.25, 0.3) is 0 Å². The van der Waals surface area contributed by atoms with Crippen molar-refractivity contribution < 1.29 is 4.74 Å². The molecule has 154 valence electrons. The number of nitrogens with zero attached hydrogens (tertiary/aromatic N) is 2. The number of hydrogen-bond donors (Lipinski definition) is 0. The summed E-state index contributed by atoms with van der Waals surface area (Å²) in [6.45, 7) is 5.07. The van der Waals surface area contributed by atoms with E-state index in [2.05, 4.69) is 112 Å². The van der Waals surface area contributed by atoms with Gasteiger partial charge in [-0.3, -0.25) is 0 Å². The van der Waals surface area contributed by atoms with Gasteiger partial charge in [0.2, 0.25) is 5.90 Å².